The lowest BCUT2D eigenvalue weighted by Crippen LogP contribution is -2.26. The molecule has 6 nitrogen and oxygen atoms in total. The first kappa shape index (κ1) is 14.8. The van der Waals surface area contributed by atoms with Crippen molar-refractivity contribution in [3.05, 3.63) is 23.8 Å². The number of anilines is 1. The second kappa shape index (κ2) is 5.80. The number of benzene rings is 1. The Morgan fingerprint density at radius 3 is 2.70 bits per heavy atom. The number of hydrogen-bond acceptors (Lipinski definition) is 5. The molecule has 1 saturated carbocycles. The van der Waals surface area contributed by atoms with Crippen LogP contribution < -0.4 is 10.0 Å². The fourth-order valence-electron chi connectivity index (χ4n) is 1.82. The van der Waals surface area contributed by atoms with Crippen molar-refractivity contribution in [2.75, 3.05) is 19.0 Å². The van der Waals surface area contributed by atoms with Crippen molar-refractivity contribution in [3.8, 4) is 0 Å². The summed E-state index contributed by atoms with van der Waals surface area (Å²) in [5.74, 6) is -0.409. The molecule has 2 rings (SSSR count). The Morgan fingerprint density at radius 2 is 2.10 bits per heavy atom. The SMILES string of the molecule is COC(=O)CNc1cccc(S(=O)(=O)NC2CC2)c1C. The third-order valence-electron chi connectivity index (χ3n) is 3.12. The van der Waals surface area contributed by atoms with Crippen molar-refractivity contribution >= 4 is 21.7 Å². The summed E-state index contributed by atoms with van der Waals surface area (Å²) in [5.41, 5.74) is 1.19. The Bertz CT molecular complexity index is 609. The first-order valence-corrected chi connectivity index (χ1v) is 7.85. The van der Waals surface area contributed by atoms with Crippen LogP contribution in [0.4, 0.5) is 5.69 Å². The maximum absolute atomic E-state index is 12.2. The lowest BCUT2D eigenvalue weighted by molar-refractivity contribution is -0.138. The molecule has 7 heteroatoms. The van der Waals surface area contributed by atoms with Gasteiger partial charge in [-0.2, -0.15) is 0 Å². The van der Waals surface area contributed by atoms with Gasteiger partial charge in [0.2, 0.25) is 10.0 Å². The number of carbonyl (C=O) groups excluding carboxylic acids is 1. The average molecular weight is 298 g/mol. The molecule has 110 valence electrons. The van der Waals surface area contributed by atoms with Crippen molar-refractivity contribution in [2.45, 2.75) is 30.7 Å². The monoisotopic (exact) mass is 298 g/mol. The fourth-order valence-corrected chi connectivity index (χ4v) is 3.39. The molecule has 0 saturated heterocycles. The van der Waals surface area contributed by atoms with Crippen LogP contribution in [0.5, 0.6) is 0 Å². The summed E-state index contributed by atoms with van der Waals surface area (Å²) in [4.78, 5) is 11.4. The van der Waals surface area contributed by atoms with Crippen LogP contribution >= 0.6 is 0 Å². The fraction of sp³-hybridized carbons (Fsp3) is 0.462. The van der Waals surface area contributed by atoms with Crippen molar-refractivity contribution in [1.82, 2.24) is 4.72 Å². The van der Waals surface area contributed by atoms with Crippen molar-refractivity contribution in [3.63, 3.8) is 0 Å². The average Bonchev–Trinajstić information content (AvgIpc) is 3.20. The zero-order valence-electron chi connectivity index (χ0n) is 11.5. The summed E-state index contributed by atoms with van der Waals surface area (Å²) in [6.45, 7) is 1.71. The highest BCUT2D eigenvalue weighted by Crippen LogP contribution is 2.26. The number of ether oxygens (including phenoxy) is 1. The van der Waals surface area contributed by atoms with Crippen LogP contribution in [0, 0.1) is 6.92 Å². The number of carbonyl (C=O) groups is 1. The number of rotatable bonds is 6. The van der Waals surface area contributed by atoms with Gasteiger partial charge in [-0.15, -0.1) is 0 Å². The molecule has 0 bridgehead atoms. The second-order valence-electron chi connectivity index (χ2n) is 4.75. The lowest BCUT2D eigenvalue weighted by atomic mass is 10.2. The van der Waals surface area contributed by atoms with Crippen LogP contribution in [-0.2, 0) is 19.6 Å². The smallest absolute Gasteiger partial charge is 0.325 e. The minimum atomic E-state index is -3.50. The molecule has 0 unspecified atom stereocenters. The van der Waals surface area contributed by atoms with E-state index in [-0.39, 0.29) is 17.5 Å². The highest BCUT2D eigenvalue weighted by atomic mass is 32.2. The number of hydrogen-bond donors (Lipinski definition) is 2. The van der Waals surface area contributed by atoms with Crippen LogP contribution in [-0.4, -0.2) is 34.1 Å². The molecule has 1 fully saturated rings. The molecule has 0 atom stereocenters. The Kier molecular flexibility index (Phi) is 4.29. The van der Waals surface area contributed by atoms with E-state index in [0.717, 1.165) is 12.8 Å². The Labute approximate surface area is 118 Å². The number of sulfonamides is 1. The molecular formula is C13H18N2O4S. The molecule has 1 aromatic carbocycles. The van der Waals surface area contributed by atoms with E-state index in [1.165, 1.54) is 7.11 Å². The van der Waals surface area contributed by atoms with Gasteiger partial charge < -0.3 is 10.1 Å². The molecule has 0 heterocycles. The standard InChI is InChI=1S/C13H18N2O4S/c1-9-11(14-8-13(16)19-2)4-3-5-12(9)20(17,18)15-10-6-7-10/h3-5,10,14-15H,6-8H2,1-2H3. The topological polar surface area (TPSA) is 84.5 Å². The first-order chi connectivity index (χ1) is 9.44. The number of methoxy groups -OCH3 is 1. The van der Waals surface area contributed by atoms with E-state index in [4.69, 9.17) is 0 Å². The predicted octanol–water partition coefficient (Wildman–Crippen LogP) is 1.02. The minimum absolute atomic E-state index is 0.00308. The molecule has 0 spiro atoms. The molecule has 0 amide bonds. The van der Waals surface area contributed by atoms with E-state index in [9.17, 15) is 13.2 Å². The van der Waals surface area contributed by atoms with Crippen molar-refractivity contribution in [2.24, 2.45) is 0 Å². The molecule has 1 aliphatic rings. The third-order valence-corrected chi connectivity index (χ3v) is 4.79. The van der Waals surface area contributed by atoms with Gasteiger partial charge in [-0.05, 0) is 37.5 Å². The van der Waals surface area contributed by atoms with Gasteiger partial charge in [0.25, 0.3) is 0 Å². The Morgan fingerprint density at radius 1 is 1.40 bits per heavy atom. The first-order valence-electron chi connectivity index (χ1n) is 6.36. The van der Waals surface area contributed by atoms with Gasteiger partial charge in [0, 0.05) is 11.7 Å². The van der Waals surface area contributed by atoms with Gasteiger partial charge in [-0.3, -0.25) is 4.79 Å². The van der Waals surface area contributed by atoms with Crippen LogP contribution in [0.25, 0.3) is 0 Å². The Balaban J connectivity index is 2.20. The molecule has 2 N–H and O–H groups in total. The minimum Gasteiger partial charge on any atom is -0.468 e. The maximum atomic E-state index is 12.2. The number of nitrogens with one attached hydrogen (secondary N) is 2. The normalized spacial score (nSPS) is 14.9. The predicted molar refractivity (Wildman–Crippen MR) is 75.0 cm³/mol. The van der Waals surface area contributed by atoms with Crippen LogP contribution in [0.3, 0.4) is 0 Å². The highest BCUT2D eigenvalue weighted by molar-refractivity contribution is 7.89. The lowest BCUT2D eigenvalue weighted by Gasteiger charge is -2.13. The highest BCUT2D eigenvalue weighted by Gasteiger charge is 2.29. The summed E-state index contributed by atoms with van der Waals surface area (Å²) in [6.07, 6.45) is 1.77. The summed E-state index contributed by atoms with van der Waals surface area (Å²) >= 11 is 0. The van der Waals surface area contributed by atoms with Gasteiger partial charge in [-0.25, -0.2) is 13.1 Å². The van der Waals surface area contributed by atoms with Crippen LogP contribution in [0.2, 0.25) is 0 Å². The number of esters is 1. The molecule has 0 aromatic heterocycles. The van der Waals surface area contributed by atoms with Crippen LogP contribution in [0.15, 0.2) is 23.1 Å². The second-order valence-corrected chi connectivity index (χ2v) is 6.44. The summed E-state index contributed by atoms with van der Waals surface area (Å²) < 4.78 is 31.6. The van der Waals surface area contributed by atoms with E-state index < -0.39 is 16.0 Å². The largest absolute Gasteiger partial charge is 0.468 e. The van der Waals surface area contributed by atoms with Crippen molar-refractivity contribution < 1.29 is 17.9 Å². The summed E-state index contributed by atoms with van der Waals surface area (Å²) in [7, 11) is -2.20. The van der Waals surface area contributed by atoms with Gasteiger partial charge in [0.15, 0.2) is 0 Å². The zero-order chi connectivity index (χ0) is 14.8. The molecule has 1 aromatic rings. The molecule has 1 aliphatic carbocycles. The third kappa shape index (κ3) is 3.49. The quantitative estimate of drug-likeness (QED) is 0.766. The van der Waals surface area contributed by atoms with E-state index in [1.54, 1.807) is 25.1 Å². The van der Waals surface area contributed by atoms with E-state index >= 15 is 0 Å². The van der Waals surface area contributed by atoms with E-state index in [2.05, 4.69) is 14.8 Å². The van der Waals surface area contributed by atoms with E-state index in [0.29, 0.717) is 11.3 Å². The van der Waals surface area contributed by atoms with Gasteiger partial charge in [0.1, 0.15) is 6.54 Å². The molecule has 20 heavy (non-hydrogen) atoms. The maximum Gasteiger partial charge on any atom is 0.325 e. The Hall–Kier alpha value is -1.60. The zero-order valence-corrected chi connectivity index (χ0v) is 12.3. The van der Waals surface area contributed by atoms with E-state index in [1.807, 2.05) is 0 Å². The summed E-state index contributed by atoms with van der Waals surface area (Å²) in [5, 5.41) is 2.88. The van der Waals surface area contributed by atoms with Gasteiger partial charge in [-0.1, -0.05) is 6.07 Å². The molecule has 0 radical (unpaired) electrons. The molecule has 0 aliphatic heterocycles. The summed E-state index contributed by atoms with van der Waals surface area (Å²) in [6, 6.07) is 5.00. The molecular weight excluding hydrogens is 280 g/mol. The van der Waals surface area contributed by atoms with Gasteiger partial charge >= 0.3 is 5.97 Å². The van der Waals surface area contributed by atoms with Crippen molar-refractivity contribution in [1.29, 1.82) is 0 Å². The van der Waals surface area contributed by atoms with Gasteiger partial charge in [0.05, 0.1) is 12.0 Å². The van der Waals surface area contributed by atoms with Crippen LogP contribution in [0.1, 0.15) is 18.4 Å².